The summed E-state index contributed by atoms with van der Waals surface area (Å²) in [6, 6.07) is 1.23. The summed E-state index contributed by atoms with van der Waals surface area (Å²) in [5, 5.41) is 0. The highest BCUT2D eigenvalue weighted by Gasteiger charge is 2.37. The van der Waals surface area contributed by atoms with Crippen molar-refractivity contribution in [3.05, 3.63) is 41.0 Å². The number of allylic oxidation sites excluding steroid dienone is 2. The van der Waals surface area contributed by atoms with Crippen molar-refractivity contribution in [2.75, 3.05) is 0 Å². The monoisotopic (exact) mass is 308 g/mol. The summed E-state index contributed by atoms with van der Waals surface area (Å²) in [6.45, 7) is 0. The van der Waals surface area contributed by atoms with Gasteiger partial charge in [0, 0.05) is 12.0 Å². The summed E-state index contributed by atoms with van der Waals surface area (Å²) in [5.74, 6) is -0.436. The second-order valence-electron chi connectivity index (χ2n) is 4.73. The van der Waals surface area contributed by atoms with Crippen LogP contribution in [0.3, 0.4) is 0 Å². The lowest BCUT2D eigenvalue weighted by atomic mass is 9.90. The Bertz CT molecular complexity index is 562. The maximum atomic E-state index is 12.7. The minimum absolute atomic E-state index is 0.0529. The van der Waals surface area contributed by atoms with Crippen LogP contribution in [0.15, 0.2) is 24.3 Å². The molecule has 1 aliphatic carbocycles. The van der Waals surface area contributed by atoms with Crippen LogP contribution in [0.1, 0.15) is 36.0 Å². The van der Waals surface area contributed by atoms with E-state index < -0.39 is 29.3 Å². The van der Waals surface area contributed by atoms with Crippen molar-refractivity contribution >= 4 is 11.4 Å². The maximum absolute atomic E-state index is 12.7. The van der Waals surface area contributed by atoms with Crippen molar-refractivity contribution in [2.45, 2.75) is 31.6 Å². The molecule has 0 fully saturated rings. The van der Waals surface area contributed by atoms with Crippen LogP contribution in [0.2, 0.25) is 0 Å². The van der Waals surface area contributed by atoms with Gasteiger partial charge in [0.05, 0.1) is 11.1 Å². The molecule has 0 spiro atoms. The van der Waals surface area contributed by atoms with Gasteiger partial charge in [-0.25, -0.2) is 0 Å². The molecule has 21 heavy (non-hydrogen) atoms. The number of rotatable bonds is 1. The van der Waals surface area contributed by atoms with Gasteiger partial charge in [-0.05, 0) is 36.6 Å². The minimum Gasteiger partial charge on any atom is -0.294 e. The highest BCUT2D eigenvalue weighted by molar-refractivity contribution is 6.21. The van der Waals surface area contributed by atoms with Gasteiger partial charge in [0.1, 0.15) is 0 Å². The molecule has 0 atom stereocenters. The molecule has 0 N–H and O–H groups in total. The lowest BCUT2D eigenvalue weighted by molar-refractivity contribution is -0.143. The van der Waals surface area contributed by atoms with E-state index in [-0.39, 0.29) is 23.6 Å². The van der Waals surface area contributed by atoms with E-state index in [1.54, 1.807) is 0 Å². The number of hydrogen-bond acceptors (Lipinski definition) is 1. The van der Waals surface area contributed by atoms with Gasteiger partial charge in [0.25, 0.3) is 0 Å². The number of hydrogen-bond donors (Lipinski definition) is 0. The molecule has 0 saturated heterocycles. The standard InChI is InChI=1S/C14H10F6O/c15-13(16,17)9-5-8(6-10(7-9)14(18,19)20)11-3-1-2-4-12(11)21/h3,5-7H,1-2,4H2. The van der Waals surface area contributed by atoms with E-state index in [1.807, 2.05) is 0 Å². The topological polar surface area (TPSA) is 17.1 Å². The molecular formula is C14H10F6O. The summed E-state index contributed by atoms with van der Waals surface area (Å²) >= 11 is 0. The van der Waals surface area contributed by atoms with Gasteiger partial charge in [0.2, 0.25) is 0 Å². The van der Waals surface area contributed by atoms with Gasteiger partial charge in [-0.3, -0.25) is 4.79 Å². The Morgan fingerprint density at radius 2 is 1.38 bits per heavy atom. The normalized spacial score (nSPS) is 16.9. The zero-order valence-electron chi connectivity index (χ0n) is 10.6. The summed E-state index contributed by atoms with van der Waals surface area (Å²) < 4.78 is 76.4. The molecule has 0 unspecified atom stereocenters. The van der Waals surface area contributed by atoms with Crippen LogP contribution in [0, 0.1) is 0 Å². The highest BCUT2D eigenvalue weighted by atomic mass is 19.4. The average Bonchev–Trinajstić information content (AvgIpc) is 2.36. The first kappa shape index (κ1) is 15.6. The Hall–Kier alpha value is -1.79. The number of carbonyl (C=O) groups is 1. The van der Waals surface area contributed by atoms with Crippen LogP contribution in [0.25, 0.3) is 5.57 Å². The van der Waals surface area contributed by atoms with E-state index in [4.69, 9.17) is 0 Å². The van der Waals surface area contributed by atoms with Crippen molar-refractivity contribution in [3.63, 3.8) is 0 Å². The average molecular weight is 308 g/mol. The van der Waals surface area contributed by atoms with Crippen LogP contribution in [-0.4, -0.2) is 5.78 Å². The zero-order chi connectivity index (χ0) is 15.8. The van der Waals surface area contributed by atoms with Crippen LogP contribution < -0.4 is 0 Å². The van der Waals surface area contributed by atoms with Crippen LogP contribution in [0.5, 0.6) is 0 Å². The van der Waals surface area contributed by atoms with Crippen LogP contribution in [0.4, 0.5) is 26.3 Å². The van der Waals surface area contributed by atoms with Crippen molar-refractivity contribution in [1.82, 2.24) is 0 Å². The van der Waals surface area contributed by atoms with Crippen molar-refractivity contribution in [3.8, 4) is 0 Å². The fraction of sp³-hybridized carbons (Fsp3) is 0.357. The molecule has 1 aromatic rings. The molecule has 0 bridgehead atoms. The van der Waals surface area contributed by atoms with Gasteiger partial charge in [-0.2, -0.15) is 26.3 Å². The first-order valence-corrected chi connectivity index (χ1v) is 6.12. The number of halogens is 6. The van der Waals surface area contributed by atoms with E-state index in [2.05, 4.69) is 0 Å². The second-order valence-corrected chi connectivity index (χ2v) is 4.73. The van der Waals surface area contributed by atoms with Crippen LogP contribution >= 0.6 is 0 Å². The zero-order valence-corrected chi connectivity index (χ0v) is 10.6. The highest BCUT2D eigenvalue weighted by Crippen LogP contribution is 2.38. The van der Waals surface area contributed by atoms with E-state index >= 15 is 0 Å². The Morgan fingerprint density at radius 1 is 0.857 bits per heavy atom. The van der Waals surface area contributed by atoms with Gasteiger partial charge >= 0.3 is 12.4 Å². The summed E-state index contributed by atoms with van der Waals surface area (Å²) in [6.07, 6.45) is -7.29. The van der Waals surface area contributed by atoms with E-state index in [0.717, 1.165) is 0 Å². The molecule has 7 heteroatoms. The molecule has 1 aromatic carbocycles. The van der Waals surface area contributed by atoms with E-state index in [9.17, 15) is 31.1 Å². The predicted octanol–water partition coefficient (Wildman–Crippen LogP) is 4.86. The number of Topliss-reactive ketones (excluding diaryl/α,β-unsaturated/α-hetero) is 1. The molecular weight excluding hydrogens is 298 g/mol. The quantitative estimate of drug-likeness (QED) is 0.677. The first-order valence-electron chi connectivity index (χ1n) is 6.12. The Morgan fingerprint density at radius 3 is 1.81 bits per heavy atom. The lowest BCUT2D eigenvalue weighted by Crippen LogP contribution is -2.13. The fourth-order valence-corrected chi connectivity index (χ4v) is 2.15. The maximum Gasteiger partial charge on any atom is 0.416 e. The van der Waals surface area contributed by atoms with Crippen molar-refractivity contribution in [1.29, 1.82) is 0 Å². The molecule has 0 aliphatic heterocycles. The predicted molar refractivity (Wildman–Crippen MR) is 63.3 cm³/mol. The molecule has 0 heterocycles. The van der Waals surface area contributed by atoms with Gasteiger partial charge in [0.15, 0.2) is 5.78 Å². The number of carbonyl (C=O) groups excluding carboxylic acids is 1. The lowest BCUT2D eigenvalue weighted by Gasteiger charge is -2.17. The van der Waals surface area contributed by atoms with Crippen LogP contribution in [-0.2, 0) is 17.1 Å². The van der Waals surface area contributed by atoms with E-state index in [0.29, 0.717) is 25.0 Å². The molecule has 114 valence electrons. The molecule has 0 radical (unpaired) electrons. The summed E-state index contributed by atoms with van der Waals surface area (Å²) in [4.78, 5) is 11.7. The first-order chi connectivity index (χ1) is 9.59. The number of alkyl halides is 6. The molecule has 0 aromatic heterocycles. The van der Waals surface area contributed by atoms with E-state index in [1.165, 1.54) is 6.08 Å². The molecule has 0 saturated carbocycles. The molecule has 1 aliphatic rings. The summed E-state index contributed by atoms with van der Waals surface area (Å²) in [5.41, 5.74) is -3.22. The third-order valence-electron chi connectivity index (χ3n) is 3.16. The number of benzene rings is 1. The van der Waals surface area contributed by atoms with Crippen molar-refractivity contribution < 1.29 is 31.1 Å². The minimum atomic E-state index is -4.91. The third-order valence-corrected chi connectivity index (χ3v) is 3.16. The van der Waals surface area contributed by atoms with Gasteiger partial charge in [-0.15, -0.1) is 0 Å². The second kappa shape index (κ2) is 5.20. The number of ketones is 1. The largest absolute Gasteiger partial charge is 0.416 e. The molecule has 1 nitrogen and oxygen atoms in total. The Labute approximate surface area is 116 Å². The van der Waals surface area contributed by atoms with Gasteiger partial charge in [-0.1, -0.05) is 6.08 Å². The Balaban J connectivity index is 2.61. The fourth-order valence-electron chi connectivity index (χ4n) is 2.15. The molecule has 0 amide bonds. The smallest absolute Gasteiger partial charge is 0.294 e. The SMILES string of the molecule is O=C1CCCC=C1c1cc(C(F)(F)F)cc(C(F)(F)F)c1. The molecule has 2 rings (SSSR count). The Kier molecular flexibility index (Phi) is 3.86. The third kappa shape index (κ3) is 3.46. The van der Waals surface area contributed by atoms with Gasteiger partial charge < -0.3 is 0 Å². The summed E-state index contributed by atoms with van der Waals surface area (Å²) in [7, 11) is 0. The van der Waals surface area contributed by atoms with Crippen molar-refractivity contribution in [2.24, 2.45) is 0 Å².